The van der Waals surface area contributed by atoms with Crippen LogP contribution in [0.4, 0.5) is 5.69 Å². The van der Waals surface area contributed by atoms with Crippen molar-refractivity contribution in [1.82, 2.24) is 19.9 Å². The number of anilines is 1. The minimum absolute atomic E-state index is 0.0658. The van der Waals surface area contributed by atoms with Crippen LogP contribution in [-0.2, 0) is 0 Å². The number of rotatable bonds is 3. The summed E-state index contributed by atoms with van der Waals surface area (Å²) in [6.45, 7) is 0. The predicted molar refractivity (Wildman–Crippen MR) is 93.4 cm³/mol. The Hall–Kier alpha value is -3.15. The number of carbonyl (C=O) groups is 1. The molecule has 1 aliphatic carbocycles. The SMILES string of the molecule is O=C1c2ccccc2N[C@H](c2cnn(-c3ccccc3)n2)N1C1CC1. The quantitative estimate of drug-likeness (QED) is 0.801. The molecule has 6 nitrogen and oxygen atoms in total. The third-order valence-electron chi connectivity index (χ3n) is 4.68. The lowest BCUT2D eigenvalue weighted by atomic mass is 10.1. The van der Waals surface area contributed by atoms with Gasteiger partial charge in [0.25, 0.3) is 5.91 Å². The molecule has 0 bridgehead atoms. The molecule has 1 N–H and O–H groups in total. The summed E-state index contributed by atoms with van der Waals surface area (Å²) in [4.78, 5) is 16.5. The van der Waals surface area contributed by atoms with E-state index < -0.39 is 0 Å². The van der Waals surface area contributed by atoms with Crippen LogP contribution in [0, 0.1) is 0 Å². The average Bonchev–Trinajstić information content (AvgIpc) is 3.37. The first-order valence-corrected chi connectivity index (χ1v) is 8.47. The molecule has 1 aliphatic heterocycles. The molecular weight excluding hydrogens is 314 g/mol. The number of nitrogens with one attached hydrogen (secondary N) is 1. The van der Waals surface area contributed by atoms with Gasteiger partial charge in [-0.1, -0.05) is 30.3 Å². The van der Waals surface area contributed by atoms with Crippen LogP contribution in [0.5, 0.6) is 0 Å². The average molecular weight is 331 g/mol. The smallest absolute Gasteiger partial charge is 0.258 e. The lowest BCUT2D eigenvalue weighted by molar-refractivity contribution is 0.0662. The van der Waals surface area contributed by atoms with Crippen LogP contribution < -0.4 is 5.32 Å². The fraction of sp³-hybridized carbons (Fsp3) is 0.211. The number of hydrogen-bond acceptors (Lipinski definition) is 4. The van der Waals surface area contributed by atoms with Crippen LogP contribution in [0.1, 0.15) is 35.1 Å². The number of amides is 1. The molecule has 1 atom stereocenters. The van der Waals surface area contributed by atoms with Gasteiger partial charge in [0.15, 0.2) is 0 Å². The number of para-hydroxylation sites is 2. The lowest BCUT2D eigenvalue weighted by Gasteiger charge is -2.37. The van der Waals surface area contributed by atoms with Crippen molar-refractivity contribution >= 4 is 11.6 Å². The summed E-state index contributed by atoms with van der Waals surface area (Å²) in [6.07, 6.45) is 3.53. The molecular formula is C19H17N5O. The van der Waals surface area contributed by atoms with Crippen LogP contribution >= 0.6 is 0 Å². The van der Waals surface area contributed by atoms with Gasteiger partial charge >= 0.3 is 0 Å². The Labute approximate surface area is 145 Å². The second-order valence-electron chi connectivity index (χ2n) is 6.43. The van der Waals surface area contributed by atoms with E-state index in [0.29, 0.717) is 0 Å². The topological polar surface area (TPSA) is 63.1 Å². The van der Waals surface area contributed by atoms with Crippen LogP contribution in [0.25, 0.3) is 5.69 Å². The van der Waals surface area contributed by atoms with E-state index in [4.69, 9.17) is 0 Å². The van der Waals surface area contributed by atoms with Gasteiger partial charge in [-0.15, -0.1) is 5.10 Å². The summed E-state index contributed by atoms with van der Waals surface area (Å²) in [5.74, 6) is 0.0658. The zero-order chi connectivity index (χ0) is 16.8. The maximum atomic E-state index is 13.0. The number of nitrogens with zero attached hydrogens (tertiary/aromatic N) is 4. The molecule has 124 valence electrons. The molecule has 1 aromatic heterocycles. The maximum Gasteiger partial charge on any atom is 0.258 e. The first-order chi connectivity index (χ1) is 12.3. The lowest BCUT2D eigenvalue weighted by Crippen LogP contribution is -2.44. The molecule has 1 amide bonds. The van der Waals surface area contributed by atoms with E-state index in [-0.39, 0.29) is 18.1 Å². The maximum absolute atomic E-state index is 13.0. The number of aromatic nitrogens is 3. The summed E-state index contributed by atoms with van der Waals surface area (Å²) in [6, 6.07) is 17.7. The summed E-state index contributed by atoms with van der Waals surface area (Å²) >= 11 is 0. The molecule has 0 saturated heterocycles. The summed E-state index contributed by atoms with van der Waals surface area (Å²) < 4.78 is 0. The van der Waals surface area contributed by atoms with Gasteiger partial charge in [0.2, 0.25) is 0 Å². The van der Waals surface area contributed by atoms with Crippen molar-refractivity contribution in [1.29, 1.82) is 0 Å². The Morgan fingerprint density at radius 3 is 2.56 bits per heavy atom. The minimum Gasteiger partial charge on any atom is -0.359 e. The third-order valence-corrected chi connectivity index (χ3v) is 4.68. The van der Waals surface area contributed by atoms with Gasteiger partial charge in [-0.3, -0.25) is 4.79 Å². The molecule has 0 spiro atoms. The van der Waals surface area contributed by atoms with Crippen molar-refractivity contribution in [3.05, 3.63) is 72.1 Å². The Morgan fingerprint density at radius 2 is 1.76 bits per heavy atom. The van der Waals surface area contributed by atoms with E-state index in [0.717, 1.165) is 35.5 Å². The minimum atomic E-state index is -0.285. The number of fused-ring (bicyclic) bond motifs is 1. The van der Waals surface area contributed by atoms with E-state index in [2.05, 4.69) is 15.5 Å². The van der Waals surface area contributed by atoms with Crippen LogP contribution in [0.15, 0.2) is 60.8 Å². The molecule has 25 heavy (non-hydrogen) atoms. The van der Waals surface area contributed by atoms with Gasteiger partial charge in [-0.05, 0) is 37.1 Å². The van der Waals surface area contributed by atoms with Crippen LogP contribution in [-0.4, -0.2) is 31.8 Å². The highest BCUT2D eigenvalue weighted by Gasteiger charge is 2.43. The van der Waals surface area contributed by atoms with Crippen molar-refractivity contribution in [2.24, 2.45) is 0 Å². The summed E-state index contributed by atoms with van der Waals surface area (Å²) in [5, 5.41) is 12.5. The van der Waals surface area contributed by atoms with Gasteiger partial charge in [0.05, 0.1) is 17.4 Å². The van der Waals surface area contributed by atoms with Crippen LogP contribution in [0.3, 0.4) is 0 Å². The van der Waals surface area contributed by atoms with Crippen molar-refractivity contribution in [3.8, 4) is 5.69 Å². The molecule has 2 aromatic carbocycles. The van der Waals surface area contributed by atoms with Gasteiger partial charge in [0.1, 0.15) is 11.9 Å². The molecule has 1 fully saturated rings. The fourth-order valence-corrected chi connectivity index (χ4v) is 3.30. The highest BCUT2D eigenvalue weighted by atomic mass is 16.2. The largest absolute Gasteiger partial charge is 0.359 e. The number of hydrogen-bond donors (Lipinski definition) is 1. The van der Waals surface area contributed by atoms with Gasteiger partial charge in [-0.2, -0.15) is 9.90 Å². The third kappa shape index (κ3) is 2.38. The Bertz CT molecular complexity index is 932. The highest BCUT2D eigenvalue weighted by molar-refractivity contribution is 6.02. The fourth-order valence-electron chi connectivity index (χ4n) is 3.30. The van der Waals surface area contributed by atoms with Crippen molar-refractivity contribution in [2.45, 2.75) is 25.0 Å². The molecule has 0 unspecified atom stereocenters. The number of carbonyl (C=O) groups excluding carboxylic acids is 1. The monoisotopic (exact) mass is 331 g/mol. The van der Waals surface area contributed by atoms with Gasteiger partial charge in [-0.25, -0.2) is 0 Å². The molecule has 0 radical (unpaired) electrons. The van der Waals surface area contributed by atoms with Gasteiger partial charge in [0, 0.05) is 11.7 Å². The Balaban J connectivity index is 1.54. The Kier molecular flexibility index (Phi) is 3.09. The van der Waals surface area contributed by atoms with E-state index in [9.17, 15) is 4.79 Å². The zero-order valence-electron chi connectivity index (χ0n) is 13.5. The first-order valence-electron chi connectivity index (χ1n) is 8.47. The second-order valence-corrected chi connectivity index (χ2v) is 6.43. The van der Waals surface area contributed by atoms with Crippen molar-refractivity contribution < 1.29 is 4.79 Å². The van der Waals surface area contributed by atoms with E-state index in [1.165, 1.54) is 0 Å². The van der Waals surface area contributed by atoms with Crippen molar-refractivity contribution in [2.75, 3.05) is 5.32 Å². The van der Waals surface area contributed by atoms with Crippen LogP contribution in [0.2, 0.25) is 0 Å². The predicted octanol–water partition coefficient (Wildman–Crippen LogP) is 3.00. The summed E-state index contributed by atoms with van der Waals surface area (Å²) in [7, 11) is 0. The van der Waals surface area contributed by atoms with Gasteiger partial charge < -0.3 is 10.2 Å². The normalized spacial score (nSPS) is 19.4. The Morgan fingerprint density at radius 1 is 1.00 bits per heavy atom. The van der Waals surface area contributed by atoms with E-state index in [1.54, 1.807) is 11.0 Å². The molecule has 1 saturated carbocycles. The number of benzene rings is 2. The first kappa shape index (κ1) is 14.2. The highest BCUT2D eigenvalue weighted by Crippen LogP contribution is 2.40. The molecule has 5 rings (SSSR count). The molecule has 6 heteroatoms. The van der Waals surface area contributed by atoms with E-state index >= 15 is 0 Å². The second kappa shape index (κ2) is 5.44. The standard InChI is InChI=1S/C19H17N5O/c25-19-15-8-4-5-9-16(15)21-18(23(19)13-10-11-13)17-12-20-24(22-17)14-6-2-1-3-7-14/h1-9,12-13,18,21H,10-11H2/t18-/m0/s1. The molecule has 2 heterocycles. The zero-order valence-corrected chi connectivity index (χ0v) is 13.5. The molecule has 2 aliphatic rings. The molecule has 3 aromatic rings. The van der Waals surface area contributed by atoms with E-state index in [1.807, 2.05) is 59.5 Å². The van der Waals surface area contributed by atoms with Crippen molar-refractivity contribution in [3.63, 3.8) is 0 Å². The summed E-state index contributed by atoms with van der Waals surface area (Å²) in [5.41, 5.74) is 3.22.